The van der Waals surface area contributed by atoms with E-state index in [0.717, 1.165) is 79.4 Å². The monoisotopic (exact) mass is 800 g/mol. The fourth-order valence-electron chi connectivity index (χ4n) is 7.61. The molecule has 4 N–H and O–H groups in total. The van der Waals surface area contributed by atoms with Crippen LogP contribution in [0.2, 0.25) is 0 Å². The molecule has 2 aromatic heterocycles. The fraction of sp³-hybridized carbons (Fsp3) is 0.450. The number of methoxy groups -OCH3 is 2. The van der Waals surface area contributed by atoms with E-state index in [4.69, 9.17) is 19.4 Å². The number of alkyl carbamates (subject to hydrolysis) is 2. The van der Waals surface area contributed by atoms with Gasteiger partial charge in [-0.15, -0.1) is 0 Å². The van der Waals surface area contributed by atoms with Crippen LogP contribution in [0.25, 0.3) is 22.5 Å². The Morgan fingerprint density at radius 1 is 0.679 bits per heavy atom. The lowest BCUT2D eigenvalue weighted by molar-refractivity contribution is -0.136. The Hall–Kier alpha value is -4.96. The molecular weight excluding hydrogens is 753 g/mol. The van der Waals surface area contributed by atoms with Gasteiger partial charge >= 0.3 is 12.2 Å². The van der Waals surface area contributed by atoms with Crippen LogP contribution < -0.4 is 10.6 Å². The zero-order chi connectivity index (χ0) is 39.7. The standard InChI is InChI=1S/C40H48N8O6S2/c1-21(2)33(45-39(51)53-5)37(49)47-15-7-9-27(47)35-41-19-25(43-35)23-11-13-29-31(17-23)55-30-14-12-24(18-32(30)56-29)26-20-42-36(44-26)28-10-8-16-48(28)38(50)34(22(3)4)46-40(52)54-6/h11-14,17-22,27-28,33-34H,7-10,15-16H2,1-6H3,(H,41,43)(H,42,44)(H,45,51)(H,46,52)/t27-,28?,33-,34-/m0/s1. The van der Waals surface area contributed by atoms with Crippen LogP contribution in [-0.4, -0.2) is 93.1 Å². The zero-order valence-electron chi connectivity index (χ0n) is 32.4. The molecule has 4 atom stereocenters. The molecule has 5 heterocycles. The highest BCUT2D eigenvalue weighted by atomic mass is 32.2. The van der Waals surface area contributed by atoms with E-state index < -0.39 is 24.3 Å². The third-order valence-corrected chi connectivity index (χ3v) is 13.2. The van der Waals surface area contributed by atoms with Crippen molar-refractivity contribution in [3.8, 4) is 22.5 Å². The van der Waals surface area contributed by atoms with E-state index >= 15 is 0 Å². The van der Waals surface area contributed by atoms with Gasteiger partial charge in [0.2, 0.25) is 11.8 Å². The molecule has 7 rings (SSSR count). The van der Waals surface area contributed by atoms with Gasteiger partial charge in [0.1, 0.15) is 23.7 Å². The predicted octanol–water partition coefficient (Wildman–Crippen LogP) is 7.17. The van der Waals surface area contributed by atoms with Crippen molar-refractivity contribution in [3.05, 3.63) is 60.4 Å². The fourth-order valence-corrected chi connectivity index (χ4v) is 9.88. The van der Waals surface area contributed by atoms with Crippen LogP contribution in [0, 0.1) is 11.8 Å². The molecule has 2 fully saturated rings. The molecule has 296 valence electrons. The second-order valence-corrected chi connectivity index (χ2v) is 17.2. The third-order valence-electron chi connectivity index (χ3n) is 10.6. The number of carbonyl (C=O) groups excluding carboxylic acids is 4. The molecule has 4 amide bonds. The van der Waals surface area contributed by atoms with Gasteiger partial charge in [-0.2, -0.15) is 0 Å². The van der Waals surface area contributed by atoms with Crippen LogP contribution in [0.15, 0.2) is 68.4 Å². The number of nitrogens with zero attached hydrogens (tertiary/aromatic N) is 4. The van der Waals surface area contributed by atoms with Crippen LogP contribution in [-0.2, 0) is 19.1 Å². The molecule has 3 aliphatic heterocycles. The van der Waals surface area contributed by atoms with Crippen molar-refractivity contribution in [1.29, 1.82) is 0 Å². The lowest BCUT2D eigenvalue weighted by Crippen LogP contribution is -2.51. The first-order valence-corrected chi connectivity index (χ1v) is 20.6. The molecule has 56 heavy (non-hydrogen) atoms. The van der Waals surface area contributed by atoms with Crippen molar-refractivity contribution < 1.29 is 28.7 Å². The Morgan fingerprint density at radius 3 is 1.46 bits per heavy atom. The third kappa shape index (κ3) is 7.99. The first kappa shape index (κ1) is 39.3. The summed E-state index contributed by atoms with van der Waals surface area (Å²) in [6.45, 7) is 8.81. The van der Waals surface area contributed by atoms with Gasteiger partial charge < -0.3 is 39.9 Å². The second kappa shape index (κ2) is 16.6. The normalized spacial score (nSPS) is 18.7. The van der Waals surface area contributed by atoms with E-state index in [-0.39, 0.29) is 35.7 Å². The average Bonchev–Trinajstić information content (AvgIpc) is 4.03. The van der Waals surface area contributed by atoms with Crippen LogP contribution >= 0.6 is 23.5 Å². The van der Waals surface area contributed by atoms with E-state index in [9.17, 15) is 19.2 Å². The molecule has 0 spiro atoms. The highest BCUT2D eigenvalue weighted by Crippen LogP contribution is 2.50. The number of ether oxygens (including phenoxy) is 2. The van der Waals surface area contributed by atoms with Gasteiger partial charge in [0.25, 0.3) is 0 Å². The number of aromatic amines is 2. The van der Waals surface area contributed by atoms with Gasteiger partial charge in [-0.05, 0) is 61.8 Å². The summed E-state index contributed by atoms with van der Waals surface area (Å²) in [7, 11) is 2.59. The number of imidazole rings is 2. The van der Waals surface area contributed by atoms with E-state index in [1.165, 1.54) is 14.2 Å². The molecule has 1 unspecified atom stereocenters. The summed E-state index contributed by atoms with van der Waals surface area (Å²) in [5.74, 6) is 0.973. The highest BCUT2D eigenvalue weighted by molar-refractivity contribution is 8.05. The smallest absolute Gasteiger partial charge is 0.407 e. The molecule has 2 saturated heterocycles. The summed E-state index contributed by atoms with van der Waals surface area (Å²) < 4.78 is 9.54. The van der Waals surface area contributed by atoms with Gasteiger partial charge in [-0.3, -0.25) is 9.59 Å². The molecule has 14 nitrogen and oxygen atoms in total. The number of likely N-dealkylation sites (tertiary alicyclic amines) is 2. The minimum Gasteiger partial charge on any atom is -0.453 e. The van der Waals surface area contributed by atoms with E-state index in [1.54, 1.807) is 23.5 Å². The quantitative estimate of drug-likeness (QED) is 0.113. The molecule has 0 aliphatic carbocycles. The minimum absolute atomic E-state index is 0.106. The molecule has 3 aliphatic rings. The number of amides is 4. The maximum absolute atomic E-state index is 13.6. The minimum atomic E-state index is -0.689. The summed E-state index contributed by atoms with van der Waals surface area (Å²) in [4.78, 5) is 75.8. The van der Waals surface area contributed by atoms with Crippen molar-refractivity contribution in [2.24, 2.45) is 11.8 Å². The van der Waals surface area contributed by atoms with Crippen LogP contribution in [0.1, 0.15) is 77.1 Å². The summed E-state index contributed by atoms with van der Waals surface area (Å²) in [5, 5.41) is 5.41. The molecule has 2 aromatic carbocycles. The number of hydrogen-bond donors (Lipinski definition) is 4. The summed E-state index contributed by atoms with van der Waals surface area (Å²) in [5.41, 5.74) is 3.76. The van der Waals surface area contributed by atoms with Gasteiger partial charge in [0, 0.05) is 43.8 Å². The van der Waals surface area contributed by atoms with Gasteiger partial charge in [-0.1, -0.05) is 63.4 Å². The maximum Gasteiger partial charge on any atom is 0.407 e. The van der Waals surface area contributed by atoms with Crippen molar-refractivity contribution in [2.75, 3.05) is 27.3 Å². The van der Waals surface area contributed by atoms with Crippen molar-refractivity contribution in [3.63, 3.8) is 0 Å². The SMILES string of the molecule is COC(=O)N[C@H](C(=O)N1CCCC1c1ncc(-c2ccc3c(c2)Sc2ccc(-c4cnc([C@@H]5CCCN5C(=O)[C@@H](NC(=O)OC)C(C)C)[nH]4)cc2S3)[nH]1)C(C)C. The number of H-pyrrole nitrogens is 2. The maximum atomic E-state index is 13.6. The lowest BCUT2D eigenvalue weighted by Gasteiger charge is -2.30. The van der Waals surface area contributed by atoms with Crippen LogP contribution in [0.5, 0.6) is 0 Å². The van der Waals surface area contributed by atoms with Gasteiger partial charge in [-0.25, -0.2) is 19.6 Å². The Morgan fingerprint density at radius 2 is 1.09 bits per heavy atom. The van der Waals surface area contributed by atoms with Crippen molar-refractivity contribution >= 4 is 47.5 Å². The Bertz CT molecular complexity index is 1970. The first-order chi connectivity index (χ1) is 26.9. The predicted molar refractivity (Wildman–Crippen MR) is 212 cm³/mol. The van der Waals surface area contributed by atoms with E-state index in [2.05, 4.69) is 57.0 Å². The molecule has 4 aromatic rings. The summed E-state index contributed by atoms with van der Waals surface area (Å²) in [6.07, 6.45) is 5.67. The molecule has 16 heteroatoms. The first-order valence-electron chi connectivity index (χ1n) is 19.0. The molecule has 0 saturated carbocycles. The Kier molecular flexibility index (Phi) is 11.7. The Labute approximate surface area is 334 Å². The average molecular weight is 801 g/mol. The summed E-state index contributed by atoms with van der Waals surface area (Å²) >= 11 is 3.44. The molecule has 0 radical (unpaired) electrons. The number of benzene rings is 2. The highest BCUT2D eigenvalue weighted by Gasteiger charge is 2.39. The number of fused-ring (bicyclic) bond motifs is 2. The Balaban J connectivity index is 1.03. The van der Waals surface area contributed by atoms with Crippen molar-refractivity contribution in [2.45, 2.75) is 97.1 Å². The molecule has 0 bridgehead atoms. The summed E-state index contributed by atoms with van der Waals surface area (Å²) in [6, 6.07) is 11.0. The zero-order valence-corrected chi connectivity index (χ0v) is 34.0. The molecular formula is C40H48N8O6S2. The van der Waals surface area contributed by atoms with Crippen LogP contribution in [0.4, 0.5) is 9.59 Å². The topological polar surface area (TPSA) is 175 Å². The number of carbonyl (C=O) groups is 4. The van der Waals surface area contributed by atoms with Crippen molar-refractivity contribution in [1.82, 2.24) is 40.4 Å². The van der Waals surface area contributed by atoms with E-state index in [1.807, 2.05) is 49.9 Å². The second-order valence-electron chi connectivity index (χ2n) is 15.0. The number of rotatable bonds is 10. The van der Waals surface area contributed by atoms with Crippen LogP contribution in [0.3, 0.4) is 0 Å². The van der Waals surface area contributed by atoms with Gasteiger partial charge in [0.15, 0.2) is 0 Å². The lowest BCUT2D eigenvalue weighted by atomic mass is 10.0. The van der Waals surface area contributed by atoms with Gasteiger partial charge in [0.05, 0.1) is 50.1 Å². The number of hydrogen-bond acceptors (Lipinski definition) is 10. The largest absolute Gasteiger partial charge is 0.453 e. The number of nitrogens with one attached hydrogen (secondary N) is 4. The van der Waals surface area contributed by atoms with E-state index in [0.29, 0.717) is 13.1 Å². The number of aromatic nitrogens is 4.